The van der Waals surface area contributed by atoms with Gasteiger partial charge in [0.05, 0.1) is 6.10 Å². The summed E-state index contributed by atoms with van der Waals surface area (Å²) < 4.78 is 5.87. The molecule has 1 heterocycles. The van der Waals surface area contributed by atoms with Crippen LogP contribution >= 0.6 is 0 Å². The highest BCUT2D eigenvalue weighted by Gasteiger charge is 2.25. The van der Waals surface area contributed by atoms with Gasteiger partial charge in [-0.2, -0.15) is 0 Å². The first-order valence-electron chi connectivity index (χ1n) is 6.27. The number of nitrogens with one attached hydrogen (secondary N) is 1. The highest BCUT2D eigenvalue weighted by molar-refractivity contribution is 5.41. The molecule has 0 saturated carbocycles. The second-order valence-electron chi connectivity index (χ2n) is 4.50. The summed E-state index contributed by atoms with van der Waals surface area (Å²) in [5.41, 5.74) is 2.72. The Labute approximate surface area is 98.0 Å². The Kier molecular flexibility index (Phi) is 3.49. The van der Waals surface area contributed by atoms with Gasteiger partial charge in [-0.1, -0.05) is 26.0 Å². The summed E-state index contributed by atoms with van der Waals surface area (Å²) in [4.78, 5) is 0. The van der Waals surface area contributed by atoms with Gasteiger partial charge in [0.15, 0.2) is 0 Å². The van der Waals surface area contributed by atoms with Crippen molar-refractivity contribution in [3.63, 3.8) is 0 Å². The Morgan fingerprint density at radius 3 is 2.88 bits per heavy atom. The van der Waals surface area contributed by atoms with Crippen molar-refractivity contribution in [3.8, 4) is 5.75 Å². The zero-order valence-corrected chi connectivity index (χ0v) is 10.4. The lowest BCUT2D eigenvalue weighted by atomic mass is 9.95. The number of fused-ring (bicyclic) bond motifs is 1. The molecular formula is C14H21NO. The van der Waals surface area contributed by atoms with Crippen LogP contribution in [0.1, 0.15) is 44.4 Å². The summed E-state index contributed by atoms with van der Waals surface area (Å²) in [5.74, 6) is 1.06. The Hall–Kier alpha value is -1.02. The average molecular weight is 219 g/mol. The molecule has 0 bridgehead atoms. The summed E-state index contributed by atoms with van der Waals surface area (Å²) in [5, 5.41) is 3.54. The molecule has 2 atom stereocenters. The van der Waals surface area contributed by atoms with E-state index in [-0.39, 0.29) is 0 Å². The molecule has 2 nitrogen and oxygen atoms in total. The van der Waals surface area contributed by atoms with Crippen molar-refractivity contribution >= 4 is 0 Å². The number of benzene rings is 1. The molecule has 0 saturated heterocycles. The number of hydrogen-bond donors (Lipinski definition) is 1. The lowest BCUT2D eigenvalue weighted by Crippen LogP contribution is -2.31. The second-order valence-corrected chi connectivity index (χ2v) is 4.50. The van der Waals surface area contributed by atoms with Crippen LogP contribution < -0.4 is 10.1 Å². The van der Waals surface area contributed by atoms with Gasteiger partial charge in [0.25, 0.3) is 0 Å². The molecule has 0 radical (unpaired) electrons. The van der Waals surface area contributed by atoms with Crippen molar-refractivity contribution in [1.82, 2.24) is 5.32 Å². The maximum absolute atomic E-state index is 5.87. The Morgan fingerprint density at radius 1 is 1.38 bits per heavy atom. The third-order valence-electron chi connectivity index (χ3n) is 3.20. The van der Waals surface area contributed by atoms with Crippen LogP contribution in [0.25, 0.3) is 0 Å². The van der Waals surface area contributed by atoms with E-state index in [2.05, 4.69) is 44.3 Å². The van der Waals surface area contributed by atoms with Gasteiger partial charge in [0.2, 0.25) is 0 Å². The van der Waals surface area contributed by atoms with Crippen LogP contribution in [0.5, 0.6) is 5.75 Å². The van der Waals surface area contributed by atoms with Crippen LogP contribution in [0.3, 0.4) is 0 Å². The third-order valence-corrected chi connectivity index (χ3v) is 3.20. The van der Waals surface area contributed by atoms with E-state index in [9.17, 15) is 0 Å². The maximum atomic E-state index is 5.87. The first-order chi connectivity index (χ1) is 7.74. The maximum Gasteiger partial charge on any atom is 0.124 e. The van der Waals surface area contributed by atoms with Crippen molar-refractivity contribution in [2.24, 2.45) is 0 Å². The Bertz CT molecular complexity index is 362. The summed E-state index contributed by atoms with van der Waals surface area (Å²) in [6.45, 7) is 7.49. The van der Waals surface area contributed by atoms with Crippen LogP contribution in [0.4, 0.5) is 0 Å². The Balaban J connectivity index is 2.33. The first kappa shape index (κ1) is 11.5. The van der Waals surface area contributed by atoms with Crippen molar-refractivity contribution < 1.29 is 4.74 Å². The molecule has 2 unspecified atom stereocenters. The summed E-state index contributed by atoms with van der Waals surface area (Å²) >= 11 is 0. The SMILES string of the molecule is CCNC1CC(C)Oc2ccc(CC)cc21. The number of rotatable bonds is 3. The minimum Gasteiger partial charge on any atom is -0.490 e. The van der Waals surface area contributed by atoms with Gasteiger partial charge in [-0.05, 0) is 31.5 Å². The quantitative estimate of drug-likeness (QED) is 0.843. The van der Waals surface area contributed by atoms with Gasteiger partial charge in [0, 0.05) is 18.0 Å². The van der Waals surface area contributed by atoms with E-state index in [1.807, 2.05) is 0 Å². The van der Waals surface area contributed by atoms with Gasteiger partial charge < -0.3 is 10.1 Å². The average Bonchev–Trinajstić information content (AvgIpc) is 2.29. The molecule has 0 aliphatic carbocycles. The van der Waals surface area contributed by atoms with Crippen LogP contribution in [0, 0.1) is 0 Å². The molecule has 88 valence electrons. The van der Waals surface area contributed by atoms with E-state index in [4.69, 9.17) is 4.74 Å². The third kappa shape index (κ3) is 2.22. The fourth-order valence-corrected chi connectivity index (χ4v) is 2.36. The van der Waals surface area contributed by atoms with E-state index in [1.54, 1.807) is 0 Å². The smallest absolute Gasteiger partial charge is 0.124 e. The predicted octanol–water partition coefficient (Wildman–Crippen LogP) is 3.07. The molecule has 1 aliphatic heterocycles. The molecule has 0 aromatic heterocycles. The van der Waals surface area contributed by atoms with Crippen LogP contribution in [0.15, 0.2) is 18.2 Å². The lowest BCUT2D eigenvalue weighted by Gasteiger charge is -2.31. The molecule has 1 N–H and O–H groups in total. The monoisotopic (exact) mass is 219 g/mol. The minimum absolute atomic E-state index is 0.309. The van der Waals surface area contributed by atoms with Crippen LogP contribution in [0.2, 0.25) is 0 Å². The molecule has 1 aromatic rings. The minimum atomic E-state index is 0.309. The molecule has 2 rings (SSSR count). The second kappa shape index (κ2) is 4.88. The fraction of sp³-hybridized carbons (Fsp3) is 0.571. The molecule has 16 heavy (non-hydrogen) atoms. The molecule has 1 aliphatic rings. The van der Waals surface area contributed by atoms with Crippen molar-refractivity contribution in [2.75, 3.05) is 6.54 Å². The van der Waals surface area contributed by atoms with E-state index >= 15 is 0 Å². The summed E-state index contributed by atoms with van der Waals surface area (Å²) in [6, 6.07) is 7.03. The number of aryl methyl sites for hydroxylation is 1. The van der Waals surface area contributed by atoms with E-state index in [0.29, 0.717) is 12.1 Å². The largest absolute Gasteiger partial charge is 0.490 e. The zero-order chi connectivity index (χ0) is 11.5. The summed E-state index contributed by atoms with van der Waals surface area (Å²) in [7, 11) is 0. The van der Waals surface area contributed by atoms with Crippen molar-refractivity contribution in [2.45, 2.75) is 45.8 Å². The molecular weight excluding hydrogens is 198 g/mol. The van der Waals surface area contributed by atoms with Crippen molar-refractivity contribution in [3.05, 3.63) is 29.3 Å². The highest BCUT2D eigenvalue weighted by atomic mass is 16.5. The van der Waals surface area contributed by atoms with E-state index in [1.165, 1.54) is 11.1 Å². The predicted molar refractivity (Wildman–Crippen MR) is 66.9 cm³/mol. The number of hydrogen-bond acceptors (Lipinski definition) is 2. The van der Waals surface area contributed by atoms with Gasteiger partial charge >= 0.3 is 0 Å². The zero-order valence-electron chi connectivity index (χ0n) is 10.4. The summed E-state index contributed by atoms with van der Waals surface area (Å²) in [6.07, 6.45) is 2.46. The van der Waals surface area contributed by atoms with Gasteiger partial charge in [-0.3, -0.25) is 0 Å². The van der Waals surface area contributed by atoms with Gasteiger partial charge in [-0.15, -0.1) is 0 Å². The molecule has 0 fully saturated rings. The molecule has 0 amide bonds. The van der Waals surface area contributed by atoms with Crippen LogP contribution in [-0.4, -0.2) is 12.6 Å². The van der Waals surface area contributed by atoms with Gasteiger partial charge in [0.1, 0.15) is 5.75 Å². The van der Waals surface area contributed by atoms with E-state index < -0.39 is 0 Å². The normalized spacial score (nSPS) is 23.7. The molecule has 2 heteroatoms. The van der Waals surface area contributed by atoms with Gasteiger partial charge in [-0.25, -0.2) is 0 Å². The lowest BCUT2D eigenvalue weighted by molar-refractivity contribution is 0.167. The van der Waals surface area contributed by atoms with Crippen LogP contribution in [-0.2, 0) is 6.42 Å². The molecule has 0 spiro atoms. The standard InChI is InChI=1S/C14H21NO/c1-4-11-6-7-14-12(9-11)13(15-5-2)8-10(3)16-14/h6-7,9-10,13,15H,4-5,8H2,1-3H3. The number of ether oxygens (including phenoxy) is 1. The fourth-order valence-electron chi connectivity index (χ4n) is 2.36. The topological polar surface area (TPSA) is 21.3 Å². The van der Waals surface area contributed by atoms with Crippen molar-refractivity contribution in [1.29, 1.82) is 0 Å². The highest BCUT2D eigenvalue weighted by Crippen LogP contribution is 2.35. The molecule has 1 aromatic carbocycles. The van der Waals surface area contributed by atoms with E-state index in [0.717, 1.165) is 25.1 Å². The first-order valence-corrected chi connectivity index (χ1v) is 6.27. The Morgan fingerprint density at radius 2 is 2.19 bits per heavy atom.